The van der Waals surface area contributed by atoms with E-state index in [1.54, 1.807) is 18.2 Å². The van der Waals surface area contributed by atoms with Crippen LogP contribution in [-0.2, 0) is 16.9 Å². The zero-order valence-corrected chi connectivity index (χ0v) is 17.8. The summed E-state index contributed by atoms with van der Waals surface area (Å²) in [5, 5.41) is 22.8. The van der Waals surface area contributed by atoms with Crippen LogP contribution in [0.1, 0.15) is 27.9 Å². The molecule has 0 saturated heterocycles. The number of carbonyl (C=O) groups excluding carboxylic acids is 2. The number of amides is 1. The summed E-state index contributed by atoms with van der Waals surface area (Å²) in [5.41, 5.74) is -0.998. The molecule has 1 atom stereocenters. The first-order valence-electron chi connectivity index (χ1n) is 9.46. The van der Waals surface area contributed by atoms with E-state index in [-0.39, 0.29) is 23.4 Å². The van der Waals surface area contributed by atoms with E-state index in [0.717, 1.165) is 5.56 Å². The van der Waals surface area contributed by atoms with Crippen LogP contribution in [0.3, 0.4) is 0 Å². The molecule has 0 fully saturated rings. The van der Waals surface area contributed by atoms with E-state index >= 15 is 0 Å². The molecular formula is C23H17BrN2O5. The average Bonchev–Trinajstić information content (AvgIpc) is 2.96. The second-order valence-corrected chi connectivity index (χ2v) is 8.19. The maximum atomic E-state index is 13.4. The minimum Gasteiger partial charge on any atom is -0.375 e. The molecule has 156 valence electrons. The molecule has 1 aliphatic rings. The fourth-order valence-electron chi connectivity index (χ4n) is 3.81. The number of carbonyl (C=O) groups is 2. The topological polar surface area (TPSA) is 101 Å². The van der Waals surface area contributed by atoms with Crippen molar-refractivity contribution in [3.05, 3.63) is 104 Å². The molecule has 31 heavy (non-hydrogen) atoms. The van der Waals surface area contributed by atoms with Gasteiger partial charge in [0.05, 0.1) is 29.1 Å². The Morgan fingerprint density at radius 1 is 1.06 bits per heavy atom. The van der Waals surface area contributed by atoms with Gasteiger partial charge in [-0.1, -0.05) is 58.4 Å². The van der Waals surface area contributed by atoms with Crippen molar-refractivity contribution in [2.45, 2.75) is 18.6 Å². The highest BCUT2D eigenvalue weighted by atomic mass is 79.9. The van der Waals surface area contributed by atoms with Gasteiger partial charge in [-0.05, 0) is 29.8 Å². The van der Waals surface area contributed by atoms with Crippen LogP contribution in [0.5, 0.6) is 0 Å². The summed E-state index contributed by atoms with van der Waals surface area (Å²) in [6, 6.07) is 19.9. The van der Waals surface area contributed by atoms with Crippen molar-refractivity contribution in [2.24, 2.45) is 0 Å². The number of fused-ring (bicyclic) bond motifs is 1. The Hall–Kier alpha value is -3.36. The Bertz CT molecular complexity index is 1200. The summed E-state index contributed by atoms with van der Waals surface area (Å²) in [6.07, 6.45) is -0.606. The third kappa shape index (κ3) is 3.75. The molecule has 0 aliphatic carbocycles. The van der Waals surface area contributed by atoms with Crippen molar-refractivity contribution in [3.63, 3.8) is 0 Å². The predicted octanol–water partition coefficient (Wildman–Crippen LogP) is 4.36. The first-order valence-corrected chi connectivity index (χ1v) is 10.3. The Kier molecular flexibility index (Phi) is 5.43. The lowest BCUT2D eigenvalue weighted by molar-refractivity contribution is -0.385. The number of ketones is 1. The number of hydrogen-bond acceptors (Lipinski definition) is 5. The third-order valence-electron chi connectivity index (χ3n) is 5.29. The molecule has 0 saturated carbocycles. The van der Waals surface area contributed by atoms with E-state index in [1.165, 1.54) is 29.2 Å². The van der Waals surface area contributed by atoms with Crippen molar-refractivity contribution >= 4 is 39.0 Å². The molecule has 0 spiro atoms. The maximum Gasteiger partial charge on any atom is 0.280 e. The zero-order valence-electron chi connectivity index (χ0n) is 16.2. The number of hydrogen-bond donors (Lipinski definition) is 1. The van der Waals surface area contributed by atoms with Crippen LogP contribution in [0.25, 0.3) is 0 Å². The molecule has 0 radical (unpaired) electrons. The molecule has 1 aliphatic heterocycles. The van der Waals surface area contributed by atoms with Crippen molar-refractivity contribution < 1.29 is 19.6 Å². The van der Waals surface area contributed by atoms with Crippen LogP contribution in [0.15, 0.2) is 77.3 Å². The Morgan fingerprint density at radius 3 is 2.45 bits per heavy atom. The fraction of sp³-hybridized carbons (Fsp3) is 0.130. The summed E-state index contributed by atoms with van der Waals surface area (Å²) >= 11 is 3.35. The maximum absolute atomic E-state index is 13.4. The summed E-state index contributed by atoms with van der Waals surface area (Å²) in [6.45, 7) is 0.219. The van der Waals surface area contributed by atoms with Crippen LogP contribution in [0.4, 0.5) is 11.4 Å². The number of aliphatic hydroxyl groups is 1. The number of Topliss-reactive ketones (excluding diaryl/α,β-unsaturated/α-hetero) is 1. The molecule has 1 amide bonds. The smallest absolute Gasteiger partial charge is 0.280 e. The minimum absolute atomic E-state index is 0.146. The van der Waals surface area contributed by atoms with Gasteiger partial charge in [0.25, 0.3) is 11.6 Å². The number of nitro groups is 1. The Labute approximate surface area is 186 Å². The predicted molar refractivity (Wildman–Crippen MR) is 118 cm³/mol. The van der Waals surface area contributed by atoms with E-state index < -0.39 is 28.6 Å². The van der Waals surface area contributed by atoms with E-state index in [4.69, 9.17) is 0 Å². The Balaban J connectivity index is 1.74. The molecule has 0 bridgehead atoms. The van der Waals surface area contributed by atoms with Gasteiger partial charge in [-0.25, -0.2) is 0 Å². The highest BCUT2D eigenvalue weighted by molar-refractivity contribution is 9.10. The fourth-order valence-corrected chi connectivity index (χ4v) is 4.17. The second kappa shape index (κ2) is 8.05. The van der Waals surface area contributed by atoms with Gasteiger partial charge < -0.3 is 10.0 Å². The van der Waals surface area contributed by atoms with Crippen LogP contribution < -0.4 is 4.90 Å². The summed E-state index contributed by atoms with van der Waals surface area (Å²) in [7, 11) is 0. The number of para-hydroxylation sites is 1. The number of anilines is 1. The largest absolute Gasteiger partial charge is 0.375 e. The lowest BCUT2D eigenvalue weighted by Crippen LogP contribution is -2.41. The van der Waals surface area contributed by atoms with Gasteiger partial charge in [-0.15, -0.1) is 0 Å². The number of nitro benzene ring substituents is 1. The molecule has 8 heteroatoms. The minimum atomic E-state index is -2.13. The van der Waals surface area contributed by atoms with Crippen LogP contribution in [0.2, 0.25) is 0 Å². The summed E-state index contributed by atoms with van der Waals surface area (Å²) < 4.78 is 0.636. The third-order valence-corrected chi connectivity index (χ3v) is 5.79. The quantitative estimate of drug-likeness (QED) is 0.320. The van der Waals surface area contributed by atoms with Gasteiger partial charge >= 0.3 is 0 Å². The van der Waals surface area contributed by atoms with Crippen molar-refractivity contribution in [3.8, 4) is 0 Å². The molecule has 4 rings (SSSR count). The standard InChI is InChI=1S/C23H17BrN2O5/c24-16-10-11-20-18(12-16)23(29,22(28)25(20)14-15-6-2-1-3-7-15)13-21(27)17-8-4-5-9-19(17)26(30)31/h1-12,29H,13-14H2/t23-/m1/s1. The zero-order chi connectivity index (χ0) is 22.2. The SMILES string of the molecule is O=C(C[C@]1(O)C(=O)N(Cc2ccccc2)c2ccc(Br)cc21)c1ccccc1[N+](=O)[O-]. The molecule has 3 aromatic rings. The first kappa shape index (κ1) is 20.9. The second-order valence-electron chi connectivity index (χ2n) is 7.27. The number of rotatable bonds is 6. The number of benzene rings is 3. The summed E-state index contributed by atoms with van der Waals surface area (Å²) in [5.74, 6) is -1.33. The van der Waals surface area contributed by atoms with E-state index in [9.17, 15) is 24.8 Å². The average molecular weight is 481 g/mol. The van der Waals surface area contributed by atoms with Crippen molar-refractivity contribution in [1.82, 2.24) is 0 Å². The molecule has 3 aromatic carbocycles. The molecule has 7 nitrogen and oxygen atoms in total. The Morgan fingerprint density at radius 2 is 1.74 bits per heavy atom. The van der Waals surface area contributed by atoms with Gasteiger partial charge in [-0.2, -0.15) is 0 Å². The van der Waals surface area contributed by atoms with E-state index in [0.29, 0.717) is 10.2 Å². The molecule has 1 N–H and O–H groups in total. The molecular weight excluding hydrogens is 464 g/mol. The van der Waals surface area contributed by atoms with Gasteiger partial charge in [0.2, 0.25) is 0 Å². The normalized spacial score (nSPS) is 17.5. The molecule has 0 aromatic heterocycles. The van der Waals surface area contributed by atoms with E-state index in [1.807, 2.05) is 30.3 Å². The monoisotopic (exact) mass is 480 g/mol. The molecule has 1 heterocycles. The molecule has 0 unspecified atom stereocenters. The van der Waals surface area contributed by atoms with Gasteiger partial charge in [0.1, 0.15) is 0 Å². The van der Waals surface area contributed by atoms with Gasteiger partial charge in [-0.3, -0.25) is 19.7 Å². The number of nitrogens with zero attached hydrogens (tertiary/aromatic N) is 2. The lowest BCUT2D eigenvalue weighted by atomic mass is 9.88. The van der Waals surface area contributed by atoms with Crippen molar-refractivity contribution in [2.75, 3.05) is 4.90 Å². The summed E-state index contributed by atoms with van der Waals surface area (Å²) in [4.78, 5) is 38.4. The first-order chi connectivity index (χ1) is 14.8. The highest BCUT2D eigenvalue weighted by Crippen LogP contribution is 2.45. The van der Waals surface area contributed by atoms with Gasteiger partial charge in [0.15, 0.2) is 11.4 Å². The van der Waals surface area contributed by atoms with Crippen LogP contribution in [-0.4, -0.2) is 21.7 Å². The number of halogens is 1. The van der Waals surface area contributed by atoms with Crippen molar-refractivity contribution in [1.29, 1.82) is 0 Å². The van der Waals surface area contributed by atoms with Crippen LogP contribution in [0, 0.1) is 10.1 Å². The van der Waals surface area contributed by atoms with E-state index in [2.05, 4.69) is 15.9 Å². The van der Waals surface area contributed by atoms with Gasteiger partial charge in [0, 0.05) is 16.1 Å². The highest BCUT2D eigenvalue weighted by Gasteiger charge is 2.51. The van der Waals surface area contributed by atoms with Crippen LogP contribution >= 0.6 is 15.9 Å². The lowest BCUT2D eigenvalue weighted by Gasteiger charge is -2.23.